The summed E-state index contributed by atoms with van der Waals surface area (Å²) in [5.41, 5.74) is 0.874. The number of nitrogens with one attached hydrogen (secondary N) is 3. The molecule has 0 bridgehead atoms. The van der Waals surface area contributed by atoms with E-state index >= 15 is 0 Å². The van der Waals surface area contributed by atoms with Crippen molar-refractivity contribution in [3.8, 4) is 5.75 Å². The number of amides is 1. The molecule has 0 aliphatic carbocycles. The Morgan fingerprint density at radius 1 is 1.14 bits per heavy atom. The van der Waals surface area contributed by atoms with Crippen molar-refractivity contribution in [2.24, 2.45) is 0 Å². The van der Waals surface area contributed by atoms with Crippen LogP contribution in [0.3, 0.4) is 0 Å². The van der Waals surface area contributed by atoms with Crippen LogP contribution in [0.4, 0.5) is 10.8 Å². The van der Waals surface area contributed by atoms with Gasteiger partial charge in [-0.15, -0.1) is 11.3 Å². The minimum Gasteiger partial charge on any atom is -0.493 e. The van der Waals surface area contributed by atoms with Crippen molar-refractivity contribution in [1.82, 2.24) is 10.3 Å². The predicted molar refractivity (Wildman–Crippen MR) is 147 cm³/mol. The monoisotopic (exact) mass is 596 g/mol. The zero-order chi connectivity index (χ0) is 25.3. The third-order valence-corrected chi connectivity index (χ3v) is 7.62. The molecule has 1 aromatic heterocycles. The Morgan fingerprint density at radius 3 is 2.60 bits per heavy atom. The van der Waals surface area contributed by atoms with E-state index in [0.29, 0.717) is 23.6 Å². The number of ether oxygens (including phenoxy) is 1. The number of hydrogen-bond donors (Lipinski definition) is 3. The molecule has 3 N–H and O–H groups in total. The molecule has 0 radical (unpaired) electrons. The SMILES string of the molecule is CCCCCCOc1ccc(Br)cc1C(=O)NC(=S)Nc1ccc(S(=O)(=O)Nc2nccs2)cc1. The molecule has 0 spiro atoms. The van der Waals surface area contributed by atoms with E-state index in [1.807, 2.05) is 6.07 Å². The first-order valence-corrected chi connectivity index (χ1v) is 14.4. The summed E-state index contributed by atoms with van der Waals surface area (Å²) in [4.78, 5) is 16.9. The summed E-state index contributed by atoms with van der Waals surface area (Å²) in [6.45, 7) is 2.67. The number of unbranched alkanes of at least 4 members (excludes halogenated alkanes) is 3. The molecule has 35 heavy (non-hydrogen) atoms. The van der Waals surface area contributed by atoms with Crippen molar-refractivity contribution in [3.05, 3.63) is 64.1 Å². The molecule has 1 heterocycles. The summed E-state index contributed by atoms with van der Waals surface area (Å²) >= 11 is 9.85. The lowest BCUT2D eigenvalue weighted by Crippen LogP contribution is -2.34. The smallest absolute Gasteiger partial charge is 0.263 e. The van der Waals surface area contributed by atoms with Gasteiger partial charge in [0.05, 0.1) is 17.1 Å². The van der Waals surface area contributed by atoms with Gasteiger partial charge in [-0.1, -0.05) is 42.1 Å². The van der Waals surface area contributed by atoms with Crippen molar-refractivity contribution in [2.75, 3.05) is 16.6 Å². The van der Waals surface area contributed by atoms with Gasteiger partial charge in [0.1, 0.15) is 5.75 Å². The van der Waals surface area contributed by atoms with Gasteiger partial charge in [0.2, 0.25) is 0 Å². The number of carbonyl (C=O) groups is 1. The van der Waals surface area contributed by atoms with Gasteiger partial charge in [-0.05, 0) is 61.1 Å². The summed E-state index contributed by atoms with van der Waals surface area (Å²) < 4.78 is 33.9. The first kappa shape index (κ1) is 27.1. The number of nitrogens with zero attached hydrogens (tertiary/aromatic N) is 1. The average Bonchev–Trinajstić information content (AvgIpc) is 3.32. The highest BCUT2D eigenvalue weighted by molar-refractivity contribution is 9.10. The van der Waals surface area contributed by atoms with Gasteiger partial charge in [-0.2, -0.15) is 0 Å². The average molecular weight is 598 g/mol. The molecule has 0 fully saturated rings. The van der Waals surface area contributed by atoms with E-state index in [9.17, 15) is 13.2 Å². The normalized spacial score (nSPS) is 11.0. The molecule has 3 rings (SSSR count). The largest absolute Gasteiger partial charge is 0.493 e. The van der Waals surface area contributed by atoms with Crippen LogP contribution < -0.4 is 20.1 Å². The van der Waals surface area contributed by atoms with Crippen LogP contribution in [0.15, 0.2) is 63.4 Å². The predicted octanol–water partition coefficient (Wildman–Crippen LogP) is 5.79. The quantitative estimate of drug-likeness (QED) is 0.190. The number of carbonyl (C=O) groups excluding carboxylic acids is 1. The number of benzene rings is 2. The lowest BCUT2D eigenvalue weighted by molar-refractivity contribution is 0.0973. The number of thiazole rings is 1. The zero-order valence-corrected chi connectivity index (χ0v) is 23.0. The summed E-state index contributed by atoms with van der Waals surface area (Å²) in [5.74, 6) is 0.0616. The van der Waals surface area contributed by atoms with Crippen molar-refractivity contribution in [3.63, 3.8) is 0 Å². The molecule has 0 saturated carbocycles. The van der Waals surface area contributed by atoms with Gasteiger partial charge in [0.25, 0.3) is 15.9 Å². The molecule has 3 aromatic rings. The first-order chi connectivity index (χ1) is 16.8. The van der Waals surface area contributed by atoms with Crippen LogP contribution in [0.1, 0.15) is 43.0 Å². The van der Waals surface area contributed by atoms with E-state index in [1.165, 1.54) is 29.7 Å². The Balaban J connectivity index is 1.59. The number of rotatable bonds is 11. The van der Waals surface area contributed by atoms with Crippen LogP contribution in [0.2, 0.25) is 0 Å². The highest BCUT2D eigenvalue weighted by Crippen LogP contribution is 2.24. The molecule has 0 atom stereocenters. The van der Waals surface area contributed by atoms with Gasteiger partial charge in [-0.25, -0.2) is 13.4 Å². The maximum Gasteiger partial charge on any atom is 0.263 e. The first-order valence-electron chi connectivity index (χ1n) is 10.9. The Morgan fingerprint density at radius 2 is 1.91 bits per heavy atom. The van der Waals surface area contributed by atoms with Gasteiger partial charge in [-0.3, -0.25) is 14.8 Å². The van der Waals surface area contributed by atoms with Crippen molar-refractivity contribution in [1.29, 1.82) is 0 Å². The number of thiocarbonyl (C=S) groups is 1. The minimum absolute atomic E-state index is 0.0698. The molecule has 0 unspecified atom stereocenters. The van der Waals surface area contributed by atoms with Crippen LogP contribution in [-0.2, 0) is 10.0 Å². The zero-order valence-electron chi connectivity index (χ0n) is 18.9. The number of sulfonamides is 1. The van der Waals surface area contributed by atoms with E-state index in [2.05, 4.69) is 43.2 Å². The Kier molecular flexibility index (Phi) is 10.0. The third kappa shape index (κ3) is 8.27. The number of anilines is 2. The van der Waals surface area contributed by atoms with E-state index < -0.39 is 15.9 Å². The third-order valence-electron chi connectivity index (χ3n) is 4.75. The Labute approximate surface area is 222 Å². The number of halogens is 1. The molecule has 0 saturated heterocycles. The second kappa shape index (κ2) is 13.0. The van der Waals surface area contributed by atoms with E-state index in [4.69, 9.17) is 17.0 Å². The van der Waals surface area contributed by atoms with Crippen LogP contribution in [0, 0.1) is 0 Å². The standard InChI is InChI=1S/C23H25BrN4O4S3/c1-2-3-4-5-13-32-20-11-6-16(24)15-19(20)21(29)27-22(33)26-17-7-9-18(10-8-17)35(30,31)28-23-25-12-14-34-23/h6-12,14-15H,2-5,13H2,1H3,(H,25,28)(H2,26,27,29,33). The minimum atomic E-state index is -3.76. The Hall–Kier alpha value is -2.54. The second-order valence-electron chi connectivity index (χ2n) is 7.42. The van der Waals surface area contributed by atoms with E-state index in [-0.39, 0.29) is 15.1 Å². The van der Waals surface area contributed by atoms with Crippen LogP contribution in [0.25, 0.3) is 0 Å². The highest BCUT2D eigenvalue weighted by atomic mass is 79.9. The molecule has 1 amide bonds. The lowest BCUT2D eigenvalue weighted by Gasteiger charge is -2.14. The van der Waals surface area contributed by atoms with Crippen molar-refractivity contribution >= 4 is 71.3 Å². The molecular formula is C23H25BrN4O4S3. The molecular weight excluding hydrogens is 572 g/mol. The van der Waals surface area contributed by atoms with Gasteiger partial charge < -0.3 is 10.1 Å². The molecule has 0 aliphatic rings. The maximum atomic E-state index is 12.9. The van der Waals surface area contributed by atoms with Crippen LogP contribution in [-0.4, -0.2) is 31.0 Å². The van der Waals surface area contributed by atoms with E-state index in [0.717, 1.165) is 30.2 Å². The highest BCUT2D eigenvalue weighted by Gasteiger charge is 2.17. The Bertz CT molecular complexity index is 1250. The van der Waals surface area contributed by atoms with Crippen LogP contribution >= 0.6 is 39.5 Å². The number of hydrogen-bond acceptors (Lipinski definition) is 7. The fourth-order valence-electron chi connectivity index (χ4n) is 3.01. The van der Waals surface area contributed by atoms with Gasteiger partial charge in [0, 0.05) is 21.7 Å². The lowest BCUT2D eigenvalue weighted by atomic mass is 10.2. The topological polar surface area (TPSA) is 109 Å². The van der Waals surface area contributed by atoms with E-state index in [1.54, 1.807) is 29.6 Å². The summed E-state index contributed by atoms with van der Waals surface area (Å²) in [6, 6.07) is 11.2. The summed E-state index contributed by atoms with van der Waals surface area (Å²) in [6.07, 6.45) is 5.78. The number of aromatic nitrogens is 1. The molecule has 186 valence electrons. The van der Waals surface area contributed by atoms with Crippen LogP contribution in [0.5, 0.6) is 5.75 Å². The second-order valence-corrected chi connectivity index (χ2v) is 11.3. The van der Waals surface area contributed by atoms with Gasteiger partial charge >= 0.3 is 0 Å². The van der Waals surface area contributed by atoms with Crippen molar-refractivity contribution < 1.29 is 17.9 Å². The maximum absolute atomic E-state index is 12.9. The summed E-state index contributed by atoms with van der Waals surface area (Å²) in [7, 11) is -3.76. The molecule has 12 heteroatoms. The fraction of sp³-hybridized carbons (Fsp3) is 0.261. The fourth-order valence-corrected chi connectivity index (χ4v) is 5.37. The molecule has 2 aromatic carbocycles. The van der Waals surface area contributed by atoms with Gasteiger partial charge in [0.15, 0.2) is 10.2 Å². The summed E-state index contributed by atoms with van der Waals surface area (Å²) in [5, 5.41) is 7.56. The van der Waals surface area contributed by atoms with Crippen molar-refractivity contribution in [2.45, 2.75) is 37.5 Å². The molecule has 0 aliphatic heterocycles. The molecule has 8 nitrogen and oxygen atoms in total.